The van der Waals surface area contributed by atoms with E-state index in [-0.39, 0.29) is 5.37 Å². The summed E-state index contributed by atoms with van der Waals surface area (Å²) in [5.41, 5.74) is 5.51. The molecule has 0 saturated carbocycles. The number of carbonyl (C=O) groups is 1. The maximum absolute atomic E-state index is 12.0. The third kappa shape index (κ3) is 4.83. The Bertz CT molecular complexity index is 1230. The molecular formula is C24H29N5O3S2. The van der Waals surface area contributed by atoms with Crippen LogP contribution in [0.15, 0.2) is 47.6 Å². The van der Waals surface area contributed by atoms with Crippen molar-refractivity contribution in [2.75, 3.05) is 41.4 Å². The van der Waals surface area contributed by atoms with Crippen molar-refractivity contribution < 1.29 is 13.2 Å². The van der Waals surface area contributed by atoms with Crippen molar-refractivity contribution >= 4 is 51.0 Å². The quantitative estimate of drug-likeness (QED) is 0.373. The lowest BCUT2D eigenvalue weighted by Gasteiger charge is -2.32. The smallest absolute Gasteiger partial charge is 0.232 e. The van der Waals surface area contributed by atoms with Crippen molar-refractivity contribution in [3.63, 3.8) is 0 Å². The van der Waals surface area contributed by atoms with Crippen LogP contribution in [0, 0.1) is 5.41 Å². The number of nitrogens with one attached hydrogen (secondary N) is 1. The van der Waals surface area contributed by atoms with Gasteiger partial charge in [-0.3, -0.25) is 14.7 Å². The summed E-state index contributed by atoms with van der Waals surface area (Å²) in [4.78, 5) is 13.2. The summed E-state index contributed by atoms with van der Waals surface area (Å²) in [5.74, 6) is 1.07. The molecular weight excluding hydrogens is 470 g/mol. The molecule has 4 rings (SSSR count). The van der Waals surface area contributed by atoms with Crippen LogP contribution in [-0.2, 0) is 21.2 Å². The molecule has 0 saturated heterocycles. The Kier molecular flexibility index (Phi) is 6.99. The Hall–Kier alpha value is -2.85. The number of rotatable bonds is 6. The van der Waals surface area contributed by atoms with Crippen molar-refractivity contribution in [2.45, 2.75) is 25.1 Å². The average Bonchev–Trinajstić information content (AvgIpc) is 2.83. The van der Waals surface area contributed by atoms with Crippen LogP contribution in [0.1, 0.15) is 30.0 Å². The highest BCUT2D eigenvalue weighted by molar-refractivity contribution is 8.01. The molecule has 0 aliphatic carbocycles. The van der Waals surface area contributed by atoms with E-state index in [1.165, 1.54) is 16.1 Å². The van der Waals surface area contributed by atoms with Crippen molar-refractivity contribution in [1.82, 2.24) is 5.01 Å². The molecule has 2 heterocycles. The first-order valence-electron chi connectivity index (χ1n) is 11.2. The van der Waals surface area contributed by atoms with Crippen LogP contribution in [0.3, 0.4) is 0 Å². The lowest BCUT2D eigenvalue weighted by atomic mass is 9.97. The van der Waals surface area contributed by atoms with Crippen molar-refractivity contribution in [3.05, 3.63) is 59.2 Å². The van der Waals surface area contributed by atoms with Gasteiger partial charge < -0.3 is 9.69 Å². The van der Waals surface area contributed by atoms with Gasteiger partial charge in [0.2, 0.25) is 10.0 Å². The maximum Gasteiger partial charge on any atom is 0.232 e. The minimum atomic E-state index is -3.35. The molecule has 2 aliphatic heterocycles. The number of likely N-dealkylation sites (N-methyl/N-ethyl adjacent to an activating group) is 1. The molecule has 0 aromatic heterocycles. The molecule has 0 fully saturated rings. The molecule has 2 aromatic carbocycles. The van der Waals surface area contributed by atoms with Crippen molar-refractivity contribution in [2.24, 2.45) is 5.10 Å². The van der Waals surface area contributed by atoms with E-state index in [0.717, 1.165) is 48.2 Å². The summed E-state index contributed by atoms with van der Waals surface area (Å²) in [5, 5.41) is 14.9. The Labute approximate surface area is 205 Å². The fraction of sp³-hybridized carbons (Fsp3) is 0.375. The summed E-state index contributed by atoms with van der Waals surface area (Å²) in [6.45, 7) is 2.90. The predicted octanol–water partition coefficient (Wildman–Crippen LogP) is 3.16. The topological polar surface area (TPSA) is 97.1 Å². The molecule has 180 valence electrons. The second-order valence-corrected chi connectivity index (χ2v) is 11.4. The van der Waals surface area contributed by atoms with Crippen LogP contribution in [0.25, 0.3) is 0 Å². The Morgan fingerprint density at radius 2 is 2.00 bits per heavy atom. The van der Waals surface area contributed by atoms with Gasteiger partial charge >= 0.3 is 0 Å². The van der Waals surface area contributed by atoms with E-state index in [1.807, 2.05) is 24.1 Å². The minimum Gasteiger partial charge on any atom is -0.326 e. The number of aryl methyl sites for hydroxylation is 1. The number of fused-ring (bicyclic) bond motifs is 1. The van der Waals surface area contributed by atoms with Crippen molar-refractivity contribution in [3.8, 4) is 0 Å². The highest BCUT2D eigenvalue weighted by Gasteiger charge is 2.25. The molecule has 0 bridgehead atoms. The lowest BCUT2D eigenvalue weighted by molar-refractivity contribution is -0.109. The standard InChI is InChI=1S/C24H29N5O3S2/c1-4-29(34(3,31)32)20-10-7-17(8-11-20)24(25)28-13-5-6-19-14-18(9-12-22(19)28)21-16-33-23(15-30)27(2)26-21/h7-12,14-15,23,25H,4-6,13,16H2,1-3H3. The number of nitrogens with zero attached hydrogens (tertiary/aromatic N) is 4. The second-order valence-electron chi connectivity index (χ2n) is 8.38. The summed E-state index contributed by atoms with van der Waals surface area (Å²) in [6.07, 6.45) is 3.97. The van der Waals surface area contributed by atoms with E-state index in [2.05, 4.69) is 11.2 Å². The number of benzene rings is 2. The van der Waals surface area contributed by atoms with Crippen LogP contribution >= 0.6 is 11.8 Å². The first-order valence-corrected chi connectivity index (χ1v) is 14.1. The van der Waals surface area contributed by atoms with Crippen LogP contribution < -0.4 is 9.21 Å². The van der Waals surface area contributed by atoms with E-state index in [4.69, 9.17) is 5.41 Å². The SMILES string of the molecule is CCN(c1ccc(C(=N)N2CCCc3cc(C4=NN(C)C(C=O)SC4)ccc32)cc1)S(C)(=O)=O. The van der Waals surface area contributed by atoms with E-state index < -0.39 is 10.0 Å². The molecule has 0 radical (unpaired) electrons. The average molecular weight is 500 g/mol. The third-order valence-electron chi connectivity index (χ3n) is 6.07. The van der Waals surface area contributed by atoms with E-state index in [1.54, 1.807) is 48.0 Å². The van der Waals surface area contributed by atoms with Gasteiger partial charge in [0.25, 0.3) is 0 Å². The number of hydrazone groups is 1. The number of carbonyl (C=O) groups excluding carboxylic acids is 1. The van der Waals surface area contributed by atoms with E-state index in [0.29, 0.717) is 23.8 Å². The summed E-state index contributed by atoms with van der Waals surface area (Å²) in [6, 6.07) is 13.4. The first kappa shape index (κ1) is 24.3. The summed E-state index contributed by atoms with van der Waals surface area (Å²) < 4.78 is 25.4. The van der Waals surface area contributed by atoms with Gasteiger partial charge in [-0.15, -0.1) is 11.8 Å². The number of hydrogen-bond donors (Lipinski definition) is 1. The van der Waals surface area contributed by atoms with Gasteiger partial charge in [-0.2, -0.15) is 5.10 Å². The summed E-state index contributed by atoms with van der Waals surface area (Å²) >= 11 is 1.56. The molecule has 0 amide bonds. The third-order valence-corrected chi connectivity index (χ3v) is 8.54. The number of amidine groups is 1. The zero-order chi connectivity index (χ0) is 24.5. The highest BCUT2D eigenvalue weighted by Crippen LogP contribution is 2.31. The molecule has 1 atom stereocenters. The number of sulfonamides is 1. The highest BCUT2D eigenvalue weighted by atomic mass is 32.2. The van der Waals surface area contributed by atoms with Crippen molar-refractivity contribution in [1.29, 1.82) is 5.41 Å². The van der Waals surface area contributed by atoms with Gasteiger partial charge in [0, 0.05) is 37.1 Å². The van der Waals surface area contributed by atoms with E-state index in [9.17, 15) is 13.2 Å². The molecule has 8 nitrogen and oxygen atoms in total. The van der Waals surface area contributed by atoms with Gasteiger partial charge in [0.1, 0.15) is 11.2 Å². The zero-order valence-corrected chi connectivity index (χ0v) is 21.2. The minimum absolute atomic E-state index is 0.245. The monoisotopic (exact) mass is 499 g/mol. The maximum atomic E-state index is 12.0. The van der Waals surface area contributed by atoms with E-state index >= 15 is 0 Å². The van der Waals surface area contributed by atoms with Crippen LogP contribution in [0.5, 0.6) is 0 Å². The van der Waals surface area contributed by atoms with Gasteiger partial charge in [-0.25, -0.2) is 8.42 Å². The second kappa shape index (κ2) is 9.79. The Morgan fingerprint density at radius 1 is 1.26 bits per heavy atom. The molecule has 10 heteroatoms. The molecule has 2 aromatic rings. The normalized spacial score (nSPS) is 18.2. The number of aldehydes is 1. The Balaban J connectivity index is 1.57. The number of anilines is 2. The van der Waals surface area contributed by atoms with Gasteiger partial charge in [-0.05, 0) is 67.3 Å². The van der Waals surface area contributed by atoms with Crippen LogP contribution in [0.4, 0.5) is 11.4 Å². The van der Waals surface area contributed by atoms with Crippen LogP contribution in [0.2, 0.25) is 0 Å². The van der Waals surface area contributed by atoms with Gasteiger partial charge in [-0.1, -0.05) is 6.07 Å². The largest absolute Gasteiger partial charge is 0.326 e. The lowest BCUT2D eigenvalue weighted by Crippen LogP contribution is -2.36. The first-order chi connectivity index (χ1) is 16.2. The van der Waals surface area contributed by atoms with Gasteiger partial charge in [0.05, 0.1) is 17.7 Å². The molecule has 34 heavy (non-hydrogen) atoms. The molecule has 1 unspecified atom stereocenters. The predicted molar refractivity (Wildman–Crippen MR) is 140 cm³/mol. The molecule has 1 N–H and O–H groups in total. The number of thioether (sulfide) groups is 1. The zero-order valence-electron chi connectivity index (χ0n) is 19.6. The van der Waals surface area contributed by atoms with Crippen LogP contribution in [-0.4, -0.2) is 68.8 Å². The molecule has 0 spiro atoms. The Morgan fingerprint density at radius 3 is 2.62 bits per heavy atom. The summed E-state index contributed by atoms with van der Waals surface area (Å²) in [7, 11) is -1.53. The van der Waals surface area contributed by atoms with Gasteiger partial charge in [0.15, 0.2) is 6.29 Å². The number of hydrogen-bond acceptors (Lipinski definition) is 7. The fourth-order valence-corrected chi connectivity index (χ4v) is 6.24. The molecule has 2 aliphatic rings. The fourth-order valence-electron chi connectivity index (χ4n) is 4.38.